The lowest BCUT2D eigenvalue weighted by atomic mass is 10.3. The highest BCUT2D eigenvalue weighted by molar-refractivity contribution is 7.93. The van der Waals surface area contributed by atoms with Gasteiger partial charge in [0.1, 0.15) is 5.84 Å². The quantitative estimate of drug-likeness (QED) is 0.357. The van der Waals surface area contributed by atoms with Crippen LogP contribution in [0.15, 0.2) is 35.5 Å². The number of hydrogen-bond acceptors (Lipinski definition) is 4. The molecular formula is C12H19N3O3S. The van der Waals surface area contributed by atoms with Crippen LogP contribution in [0.3, 0.4) is 0 Å². The van der Waals surface area contributed by atoms with Crippen LogP contribution in [0.4, 0.5) is 5.69 Å². The summed E-state index contributed by atoms with van der Waals surface area (Å²) in [7, 11) is -3.45. The predicted molar refractivity (Wildman–Crippen MR) is 75.9 cm³/mol. The zero-order valence-corrected chi connectivity index (χ0v) is 11.8. The Morgan fingerprint density at radius 3 is 2.42 bits per heavy atom. The van der Waals surface area contributed by atoms with Gasteiger partial charge in [-0.2, -0.15) is 0 Å². The second kappa shape index (κ2) is 6.42. The molecule has 0 aliphatic carbocycles. The van der Waals surface area contributed by atoms with Crippen LogP contribution in [0.2, 0.25) is 0 Å². The molecule has 0 aliphatic rings. The summed E-state index contributed by atoms with van der Waals surface area (Å²) in [5.74, 6) is -0.000104. The van der Waals surface area contributed by atoms with Crippen molar-refractivity contribution >= 4 is 21.5 Å². The van der Waals surface area contributed by atoms with Crippen molar-refractivity contribution in [2.75, 3.05) is 10.8 Å². The molecular weight excluding hydrogens is 266 g/mol. The third kappa shape index (κ3) is 3.85. The summed E-state index contributed by atoms with van der Waals surface area (Å²) in [6, 6.07) is 8.77. The van der Waals surface area contributed by atoms with E-state index < -0.39 is 15.3 Å². The summed E-state index contributed by atoms with van der Waals surface area (Å²) in [5, 5.41) is 10.8. The third-order valence-electron chi connectivity index (χ3n) is 2.65. The molecule has 0 heterocycles. The molecule has 6 nitrogen and oxygen atoms in total. The fourth-order valence-electron chi connectivity index (χ4n) is 1.52. The number of anilines is 1. The first-order valence-corrected chi connectivity index (χ1v) is 7.43. The molecule has 106 valence electrons. The molecule has 3 N–H and O–H groups in total. The Kier molecular flexibility index (Phi) is 5.17. The van der Waals surface area contributed by atoms with Crippen molar-refractivity contribution in [2.24, 2.45) is 10.9 Å². The van der Waals surface area contributed by atoms with Gasteiger partial charge >= 0.3 is 0 Å². The second-order valence-corrected chi connectivity index (χ2v) is 6.76. The summed E-state index contributed by atoms with van der Waals surface area (Å²) in [4.78, 5) is 0. The molecule has 1 aromatic rings. The van der Waals surface area contributed by atoms with Gasteiger partial charge in [-0.3, -0.25) is 4.31 Å². The molecule has 0 spiro atoms. The molecule has 0 saturated heterocycles. The van der Waals surface area contributed by atoms with Gasteiger partial charge in [-0.25, -0.2) is 8.42 Å². The molecule has 0 atom stereocenters. The van der Waals surface area contributed by atoms with Crippen molar-refractivity contribution in [3.8, 4) is 0 Å². The number of hydrogen-bond donors (Lipinski definition) is 2. The number of nitrogens with zero attached hydrogens (tertiary/aromatic N) is 2. The zero-order valence-electron chi connectivity index (χ0n) is 11.0. The van der Waals surface area contributed by atoms with Gasteiger partial charge in [0.05, 0.1) is 10.9 Å². The smallest absolute Gasteiger partial charge is 0.237 e. The molecule has 0 radical (unpaired) electrons. The van der Waals surface area contributed by atoms with Gasteiger partial charge in [-0.15, -0.1) is 0 Å². The van der Waals surface area contributed by atoms with E-state index in [0.717, 1.165) is 0 Å². The Bertz CT molecular complexity index is 526. The minimum atomic E-state index is -3.45. The number of oxime groups is 1. The molecule has 0 aromatic heterocycles. The Morgan fingerprint density at radius 2 is 1.95 bits per heavy atom. The van der Waals surface area contributed by atoms with Gasteiger partial charge in [0, 0.05) is 13.0 Å². The maximum Gasteiger partial charge on any atom is 0.237 e. The standard InChI is InChI=1S/C12H19N3O3S/c1-10(2)19(17,18)15(9-8-12(13)14-16)11-6-4-3-5-7-11/h3-7,10,16H,8-9H2,1-2H3,(H2,13,14). The van der Waals surface area contributed by atoms with Crippen molar-refractivity contribution in [3.05, 3.63) is 30.3 Å². The molecule has 0 amide bonds. The van der Waals surface area contributed by atoms with E-state index >= 15 is 0 Å². The molecule has 1 rings (SSSR count). The highest BCUT2D eigenvalue weighted by atomic mass is 32.2. The van der Waals surface area contributed by atoms with Crippen LogP contribution in [0, 0.1) is 0 Å². The molecule has 19 heavy (non-hydrogen) atoms. The Labute approximate surface area is 113 Å². The maximum atomic E-state index is 12.3. The average molecular weight is 285 g/mol. The van der Waals surface area contributed by atoms with E-state index in [1.807, 2.05) is 6.07 Å². The van der Waals surface area contributed by atoms with Crippen molar-refractivity contribution in [1.29, 1.82) is 0 Å². The minimum Gasteiger partial charge on any atom is -0.409 e. The molecule has 0 aliphatic heterocycles. The first kappa shape index (κ1) is 15.3. The van der Waals surface area contributed by atoms with Crippen LogP contribution in [0.1, 0.15) is 20.3 Å². The second-order valence-electron chi connectivity index (χ2n) is 4.34. The lowest BCUT2D eigenvalue weighted by Gasteiger charge is -2.26. The van der Waals surface area contributed by atoms with Gasteiger partial charge in [0.2, 0.25) is 10.0 Å². The van der Waals surface area contributed by atoms with Crippen LogP contribution in [0.5, 0.6) is 0 Å². The fraction of sp³-hybridized carbons (Fsp3) is 0.417. The number of sulfonamides is 1. The SMILES string of the molecule is CC(C)S(=O)(=O)N(CC/C(N)=N/O)c1ccccc1. The molecule has 1 aromatic carbocycles. The van der Waals surface area contributed by atoms with Crippen LogP contribution in [-0.4, -0.2) is 31.3 Å². The van der Waals surface area contributed by atoms with Crippen molar-refractivity contribution in [1.82, 2.24) is 0 Å². The Balaban J connectivity index is 3.06. The van der Waals surface area contributed by atoms with Gasteiger partial charge in [0.25, 0.3) is 0 Å². The Morgan fingerprint density at radius 1 is 1.37 bits per heavy atom. The van der Waals surface area contributed by atoms with Crippen molar-refractivity contribution in [3.63, 3.8) is 0 Å². The van der Waals surface area contributed by atoms with Gasteiger partial charge < -0.3 is 10.9 Å². The number of rotatable bonds is 6. The highest BCUT2D eigenvalue weighted by Crippen LogP contribution is 2.20. The minimum absolute atomic E-state index is 0.000104. The average Bonchev–Trinajstić information content (AvgIpc) is 2.39. The summed E-state index contributed by atoms with van der Waals surface area (Å²) in [6.45, 7) is 3.38. The van der Waals surface area contributed by atoms with E-state index in [9.17, 15) is 8.42 Å². The van der Waals surface area contributed by atoms with E-state index in [1.54, 1.807) is 38.1 Å². The normalized spacial score (nSPS) is 12.7. The van der Waals surface area contributed by atoms with Crippen LogP contribution in [0.25, 0.3) is 0 Å². The van der Waals surface area contributed by atoms with Crippen molar-refractivity contribution < 1.29 is 13.6 Å². The van der Waals surface area contributed by atoms with Gasteiger partial charge in [-0.05, 0) is 26.0 Å². The number of amidine groups is 1. The lowest BCUT2D eigenvalue weighted by Crippen LogP contribution is -2.38. The molecule has 0 saturated carbocycles. The summed E-state index contributed by atoms with van der Waals surface area (Å²) in [5.41, 5.74) is 5.97. The molecule has 0 fully saturated rings. The third-order valence-corrected chi connectivity index (χ3v) is 4.85. The predicted octanol–water partition coefficient (Wildman–Crippen LogP) is 1.37. The summed E-state index contributed by atoms with van der Waals surface area (Å²) >= 11 is 0. The molecule has 0 bridgehead atoms. The van der Waals surface area contributed by atoms with E-state index in [2.05, 4.69) is 5.16 Å². The number of benzene rings is 1. The molecule has 0 unspecified atom stereocenters. The summed E-state index contributed by atoms with van der Waals surface area (Å²) < 4.78 is 25.9. The largest absolute Gasteiger partial charge is 0.409 e. The van der Waals surface area contributed by atoms with E-state index in [0.29, 0.717) is 5.69 Å². The lowest BCUT2D eigenvalue weighted by molar-refractivity contribution is 0.317. The van der Waals surface area contributed by atoms with Crippen LogP contribution >= 0.6 is 0 Å². The van der Waals surface area contributed by atoms with E-state index in [-0.39, 0.29) is 18.8 Å². The Hall–Kier alpha value is -1.76. The summed E-state index contributed by atoms with van der Waals surface area (Å²) in [6.07, 6.45) is 0.164. The van der Waals surface area contributed by atoms with Crippen molar-refractivity contribution in [2.45, 2.75) is 25.5 Å². The first-order chi connectivity index (χ1) is 8.89. The first-order valence-electron chi connectivity index (χ1n) is 5.92. The van der Waals surface area contributed by atoms with E-state index in [1.165, 1.54) is 4.31 Å². The van der Waals surface area contributed by atoms with E-state index in [4.69, 9.17) is 10.9 Å². The fourth-order valence-corrected chi connectivity index (χ4v) is 2.79. The number of para-hydroxylation sites is 1. The van der Waals surface area contributed by atoms with Crippen LogP contribution < -0.4 is 10.0 Å². The van der Waals surface area contributed by atoms with Gasteiger partial charge in [-0.1, -0.05) is 23.4 Å². The van der Waals surface area contributed by atoms with Crippen LogP contribution in [-0.2, 0) is 10.0 Å². The maximum absolute atomic E-state index is 12.3. The molecule has 7 heteroatoms. The number of nitrogens with two attached hydrogens (primary N) is 1. The zero-order chi connectivity index (χ0) is 14.5. The highest BCUT2D eigenvalue weighted by Gasteiger charge is 2.25. The monoisotopic (exact) mass is 285 g/mol. The van der Waals surface area contributed by atoms with Gasteiger partial charge in [0.15, 0.2) is 0 Å². The topological polar surface area (TPSA) is 96.0 Å².